The first-order valence-corrected chi connectivity index (χ1v) is 13.4. The summed E-state index contributed by atoms with van der Waals surface area (Å²) in [6.07, 6.45) is 3.63. The van der Waals surface area contributed by atoms with Crippen molar-refractivity contribution in [3.8, 4) is 28.8 Å². The van der Waals surface area contributed by atoms with Crippen LogP contribution in [0.4, 0.5) is 0 Å². The number of hydrogen-bond acceptors (Lipinski definition) is 5. The Bertz CT molecular complexity index is 1720. The first kappa shape index (κ1) is 27.4. The molecule has 0 aliphatic carbocycles. The zero-order valence-corrected chi connectivity index (χ0v) is 23.5. The minimum atomic E-state index is -0.590. The fourth-order valence-electron chi connectivity index (χ4n) is 4.81. The number of carbonyl (C=O) groups is 2. The lowest BCUT2D eigenvalue weighted by molar-refractivity contribution is -0.141. The number of para-hydroxylation sites is 1. The van der Waals surface area contributed by atoms with Crippen molar-refractivity contribution in [2.45, 2.75) is 40.3 Å². The predicted molar refractivity (Wildman–Crippen MR) is 158 cm³/mol. The normalized spacial score (nSPS) is 14.6. The van der Waals surface area contributed by atoms with Crippen LogP contribution in [0.2, 0.25) is 0 Å². The molecule has 0 N–H and O–H groups in total. The largest absolute Gasteiger partial charge is 0.491 e. The van der Waals surface area contributed by atoms with E-state index < -0.39 is 11.8 Å². The van der Waals surface area contributed by atoms with E-state index in [9.17, 15) is 14.9 Å². The molecular weight excluding hydrogens is 512 g/mol. The Balaban J connectivity index is 1.65. The highest BCUT2D eigenvalue weighted by Crippen LogP contribution is 2.33. The second-order valence-electron chi connectivity index (χ2n) is 10.2. The number of imide groups is 1. The van der Waals surface area contributed by atoms with Gasteiger partial charge in [-0.3, -0.25) is 14.5 Å². The van der Waals surface area contributed by atoms with Crippen LogP contribution in [-0.4, -0.2) is 32.6 Å². The standard InChI is InChI=1S/C34H30N4O3/c1-22(2)41-31-16-15-26(17-23(31)3)32-27(21-38(36-32)28-13-9-6-10-14-28)18-29-24(4)30(19-35)34(40)37(33(29)39)20-25-11-7-5-8-12-25/h5-18,21-22H,20H2,1-4H3/b29-18+. The number of amides is 2. The van der Waals surface area contributed by atoms with Gasteiger partial charge < -0.3 is 4.74 Å². The Kier molecular flexibility index (Phi) is 7.66. The van der Waals surface area contributed by atoms with E-state index in [2.05, 4.69) is 0 Å². The molecule has 1 aliphatic heterocycles. The number of hydrogen-bond donors (Lipinski definition) is 0. The van der Waals surface area contributed by atoms with Gasteiger partial charge in [-0.25, -0.2) is 4.68 Å². The minimum absolute atomic E-state index is 0.0417. The molecule has 0 bridgehead atoms. The molecule has 1 aromatic heterocycles. The molecule has 0 spiro atoms. The average Bonchev–Trinajstić information content (AvgIpc) is 3.39. The van der Waals surface area contributed by atoms with Crippen molar-refractivity contribution in [3.63, 3.8) is 0 Å². The van der Waals surface area contributed by atoms with Crippen LogP contribution in [0.1, 0.15) is 37.5 Å². The number of nitrogens with zero attached hydrogens (tertiary/aromatic N) is 4. The summed E-state index contributed by atoms with van der Waals surface area (Å²) in [6, 6.07) is 26.9. The van der Waals surface area contributed by atoms with Gasteiger partial charge >= 0.3 is 0 Å². The second-order valence-corrected chi connectivity index (χ2v) is 10.2. The number of benzene rings is 3. The third-order valence-electron chi connectivity index (χ3n) is 6.88. The van der Waals surface area contributed by atoms with Crippen LogP contribution < -0.4 is 4.74 Å². The maximum absolute atomic E-state index is 13.8. The van der Waals surface area contributed by atoms with Gasteiger partial charge in [0.25, 0.3) is 11.8 Å². The summed E-state index contributed by atoms with van der Waals surface area (Å²) >= 11 is 0. The van der Waals surface area contributed by atoms with E-state index in [1.165, 1.54) is 0 Å². The van der Waals surface area contributed by atoms with E-state index in [0.29, 0.717) is 16.8 Å². The lowest BCUT2D eigenvalue weighted by atomic mass is 9.93. The van der Waals surface area contributed by atoms with Gasteiger partial charge in [-0.15, -0.1) is 0 Å². The second kappa shape index (κ2) is 11.5. The Labute approximate surface area is 239 Å². The van der Waals surface area contributed by atoms with Gasteiger partial charge in [-0.2, -0.15) is 10.4 Å². The maximum Gasteiger partial charge on any atom is 0.271 e. The van der Waals surface area contributed by atoms with Crippen LogP contribution in [0.15, 0.2) is 102 Å². The number of rotatable bonds is 7. The van der Waals surface area contributed by atoms with Gasteiger partial charge in [0.1, 0.15) is 17.4 Å². The Morgan fingerprint density at radius 1 is 0.951 bits per heavy atom. The van der Waals surface area contributed by atoms with Crippen molar-refractivity contribution in [1.29, 1.82) is 5.26 Å². The summed E-state index contributed by atoms with van der Waals surface area (Å²) < 4.78 is 7.69. The molecular formula is C34H30N4O3. The maximum atomic E-state index is 13.8. The smallest absolute Gasteiger partial charge is 0.271 e. The van der Waals surface area contributed by atoms with Crippen LogP contribution in [0, 0.1) is 18.3 Å². The number of carbonyl (C=O) groups excluding carboxylic acids is 2. The Hall–Kier alpha value is -5.22. The lowest BCUT2D eigenvalue weighted by Crippen LogP contribution is -2.42. The minimum Gasteiger partial charge on any atom is -0.491 e. The lowest BCUT2D eigenvalue weighted by Gasteiger charge is -2.27. The first-order chi connectivity index (χ1) is 19.8. The molecule has 0 unspecified atom stereocenters. The van der Waals surface area contributed by atoms with Crippen LogP contribution in [0.5, 0.6) is 5.75 Å². The molecule has 2 heterocycles. The molecule has 3 aromatic carbocycles. The Morgan fingerprint density at radius 2 is 1.63 bits per heavy atom. The van der Waals surface area contributed by atoms with Gasteiger partial charge in [-0.05, 0) is 80.8 Å². The van der Waals surface area contributed by atoms with E-state index >= 15 is 0 Å². The van der Waals surface area contributed by atoms with Crippen LogP contribution in [0.25, 0.3) is 23.0 Å². The molecule has 0 saturated carbocycles. The summed E-state index contributed by atoms with van der Waals surface area (Å²) in [7, 11) is 0. The Morgan fingerprint density at radius 3 is 2.27 bits per heavy atom. The fraction of sp³-hybridized carbons (Fsp3) is 0.176. The van der Waals surface area contributed by atoms with Gasteiger partial charge in [0.2, 0.25) is 0 Å². The number of ether oxygens (including phenoxy) is 1. The van der Waals surface area contributed by atoms with Crippen molar-refractivity contribution in [3.05, 3.63) is 118 Å². The van der Waals surface area contributed by atoms with E-state index in [1.54, 1.807) is 17.7 Å². The van der Waals surface area contributed by atoms with Crippen LogP contribution in [0.3, 0.4) is 0 Å². The molecule has 2 amide bonds. The molecule has 7 nitrogen and oxygen atoms in total. The molecule has 0 fully saturated rings. The summed E-state index contributed by atoms with van der Waals surface area (Å²) in [4.78, 5) is 28.1. The third-order valence-corrected chi connectivity index (χ3v) is 6.88. The highest BCUT2D eigenvalue weighted by Gasteiger charge is 2.35. The van der Waals surface area contributed by atoms with Crippen molar-refractivity contribution in [1.82, 2.24) is 14.7 Å². The van der Waals surface area contributed by atoms with E-state index in [1.807, 2.05) is 112 Å². The predicted octanol–water partition coefficient (Wildman–Crippen LogP) is 6.43. The molecule has 41 heavy (non-hydrogen) atoms. The summed E-state index contributed by atoms with van der Waals surface area (Å²) in [5.41, 5.74) is 5.38. The van der Waals surface area contributed by atoms with Crippen LogP contribution in [-0.2, 0) is 16.1 Å². The van der Waals surface area contributed by atoms with Crippen LogP contribution >= 0.6 is 0 Å². The molecule has 4 aromatic rings. The monoisotopic (exact) mass is 542 g/mol. The third kappa shape index (κ3) is 5.59. The SMILES string of the molecule is CC1=C(C#N)C(=O)N(Cc2ccccc2)C(=O)/C1=C/c1cn(-c2ccccc2)nc1-c1ccc(OC(C)C)c(C)c1. The fourth-order valence-corrected chi connectivity index (χ4v) is 4.81. The van der Waals surface area contributed by atoms with Crippen molar-refractivity contribution < 1.29 is 14.3 Å². The molecule has 204 valence electrons. The summed E-state index contributed by atoms with van der Waals surface area (Å²) in [5.74, 6) is -0.251. The van der Waals surface area contributed by atoms with Crippen molar-refractivity contribution in [2.75, 3.05) is 0 Å². The summed E-state index contributed by atoms with van der Waals surface area (Å²) in [6.45, 7) is 7.66. The first-order valence-electron chi connectivity index (χ1n) is 13.4. The average molecular weight is 543 g/mol. The number of aryl methyl sites for hydroxylation is 1. The molecule has 0 radical (unpaired) electrons. The quantitative estimate of drug-likeness (QED) is 0.198. The highest BCUT2D eigenvalue weighted by atomic mass is 16.5. The van der Waals surface area contributed by atoms with E-state index in [-0.39, 0.29) is 23.8 Å². The van der Waals surface area contributed by atoms with Gasteiger partial charge in [0.15, 0.2) is 0 Å². The molecule has 1 aliphatic rings. The van der Waals surface area contributed by atoms with Gasteiger partial charge in [0, 0.05) is 22.9 Å². The van der Waals surface area contributed by atoms with E-state index in [0.717, 1.165) is 33.0 Å². The summed E-state index contributed by atoms with van der Waals surface area (Å²) in [5, 5.41) is 14.8. The van der Waals surface area contributed by atoms with Crippen molar-refractivity contribution in [2.24, 2.45) is 0 Å². The number of aromatic nitrogens is 2. The topological polar surface area (TPSA) is 88.2 Å². The molecule has 7 heteroatoms. The molecule has 0 saturated heterocycles. The van der Waals surface area contributed by atoms with Gasteiger partial charge in [0.05, 0.1) is 24.0 Å². The van der Waals surface area contributed by atoms with E-state index in [4.69, 9.17) is 9.84 Å². The van der Waals surface area contributed by atoms with Gasteiger partial charge in [-0.1, -0.05) is 48.5 Å². The number of nitriles is 1. The molecule has 5 rings (SSSR count). The molecule has 0 atom stereocenters. The zero-order chi connectivity index (χ0) is 29.1. The van der Waals surface area contributed by atoms with Crippen molar-refractivity contribution >= 4 is 17.9 Å². The zero-order valence-electron chi connectivity index (χ0n) is 23.5. The highest BCUT2D eigenvalue weighted by molar-refractivity contribution is 6.19.